The maximum atomic E-state index is 12.1. The van der Waals surface area contributed by atoms with Gasteiger partial charge < -0.3 is 11.1 Å². The summed E-state index contributed by atoms with van der Waals surface area (Å²) in [6.07, 6.45) is 3.03. The highest BCUT2D eigenvalue weighted by Crippen LogP contribution is 2.25. The molecule has 3 N–H and O–H groups in total. The van der Waals surface area contributed by atoms with Crippen molar-refractivity contribution in [1.82, 2.24) is 5.32 Å². The fourth-order valence-electron chi connectivity index (χ4n) is 1.64. The van der Waals surface area contributed by atoms with E-state index >= 15 is 0 Å². The second-order valence-electron chi connectivity index (χ2n) is 4.15. The minimum atomic E-state index is -0.173. The number of nitrogens with two attached hydrogens (primary N) is 1. The number of hydrogen-bond acceptors (Lipinski definition) is 2. The fourth-order valence-corrected chi connectivity index (χ4v) is 2.22. The number of carbonyl (C=O) groups is 1. The molecule has 1 rings (SSSR count). The number of nitrogens with one attached hydrogen (secondary N) is 1. The van der Waals surface area contributed by atoms with Crippen LogP contribution in [0.25, 0.3) is 0 Å². The smallest absolute Gasteiger partial charge is 0.253 e. The number of carbonyl (C=O) groups excluding carboxylic acids is 1. The van der Waals surface area contributed by atoms with Gasteiger partial charge >= 0.3 is 0 Å². The summed E-state index contributed by atoms with van der Waals surface area (Å²) in [5.74, 6) is -0.173. The Morgan fingerprint density at radius 2 is 2.28 bits per heavy atom. The summed E-state index contributed by atoms with van der Waals surface area (Å²) in [5.41, 5.74) is 6.12. The molecule has 0 aliphatic heterocycles. The van der Waals surface area contributed by atoms with Crippen molar-refractivity contribution in [3.05, 3.63) is 33.3 Å². The SMILES string of the molecule is CCCCC(CN)NC(=O)c1cccc(Br)c1Cl. The first kappa shape index (κ1) is 15.5. The molecule has 0 aliphatic carbocycles. The number of benzene rings is 1. The Morgan fingerprint density at radius 3 is 2.89 bits per heavy atom. The molecule has 100 valence electrons. The van der Waals surface area contributed by atoms with Crippen LogP contribution in [0.1, 0.15) is 36.5 Å². The summed E-state index contributed by atoms with van der Waals surface area (Å²) >= 11 is 9.38. The molecule has 5 heteroatoms. The molecule has 0 saturated carbocycles. The Labute approximate surface area is 121 Å². The molecule has 0 saturated heterocycles. The molecule has 1 amide bonds. The Balaban J connectivity index is 2.72. The first-order chi connectivity index (χ1) is 8.60. The van der Waals surface area contributed by atoms with Crippen LogP contribution in [0.4, 0.5) is 0 Å². The Bertz CT molecular complexity index is 412. The highest BCUT2D eigenvalue weighted by molar-refractivity contribution is 9.10. The monoisotopic (exact) mass is 332 g/mol. The van der Waals surface area contributed by atoms with Crippen LogP contribution < -0.4 is 11.1 Å². The standard InChI is InChI=1S/C13H18BrClN2O/c1-2-3-5-9(8-16)17-13(18)10-6-4-7-11(14)12(10)15/h4,6-7,9H,2-3,5,8,16H2,1H3,(H,17,18). The normalized spacial score (nSPS) is 12.2. The summed E-state index contributed by atoms with van der Waals surface area (Å²) in [6, 6.07) is 5.30. The van der Waals surface area contributed by atoms with Gasteiger partial charge in [-0.25, -0.2) is 0 Å². The van der Waals surface area contributed by atoms with E-state index in [1.807, 2.05) is 0 Å². The van der Waals surface area contributed by atoms with Crippen LogP contribution in [-0.2, 0) is 0 Å². The van der Waals surface area contributed by atoms with Gasteiger partial charge in [-0.05, 0) is 34.5 Å². The first-order valence-electron chi connectivity index (χ1n) is 6.05. The molecular formula is C13H18BrClN2O. The zero-order valence-electron chi connectivity index (χ0n) is 10.4. The van der Waals surface area contributed by atoms with Gasteiger partial charge in [0.15, 0.2) is 0 Å². The maximum Gasteiger partial charge on any atom is 0.253 e. The second-order valence-corrected chi connectivity index (χ2v) is 5.38. The average molecular weight is 334 g/mol. The van der Waals surface area contributed by atoms with E-state index in [-0.39, 0.29) is 11.9 Å². The van der Waals surface area contributed by atoms with Gasteiger partial charge in [-0.2, -0.15) is 0 Å². The summed E-state index contributed by atoms with van der Waals surface area (Å²) in [5, 5.41) is 3.35. The molecule has 3 nitrogen and oxygen atoms in total. The number of amides is 1. The van der Waals surface area contributed by atoms with Gasteiger partial charge in [0.1, 0.15) is 0 Å². The minimum absolute atomic E-state index is 0.00694. The third-order valence-electron chi connectivity index (χ3n) is 2.72. The van der Waals surface area contributed by atoms with E-state index in [0.29, 0.717) is 17.1 Å². The topological polar surface area (TPSA) is 55.1 Å². The van der Waals surface area contributed by atoms with Gasteiger partial charge in [0.05, 0.1) is 10.6 Å². The van der Waals surface area contributed by atoms with Crippen molar-refractivity contribution < 1.29 is 4.79 Å². The van der Waals surface area contributed by atoms with Crippen molar-refractivity contribution in [3.63, 3.8) is 0 Å². The lowest BCUT2D eigenvalue weighted by atomic mass is 10.1. The summed E-state index contributed by atoms with van der Waals surface area (Å²) in [6.45, 7) is 2.55. The van der Waals surface area contributed by atoms with Crippen LogP contribution in [0, 0.1) is 0 Å². The predicted molar refractivity (Wildman–Crippen MR) is 79.0 cm³/mol. The third-order valence-corrected chi connectivity index (χ3v) is 4.02. The Kier molecular flexibility index (Phi) is 6.68. The largest absolute Gasteiger partial charge is 0.348 e. The molecule has 0 radical (unpaired) electrons. The van der Waals surface area contributed by atoms with Crippen LogP contribution in [0.15, 0.2) is 22.7 Å². The third kappa shape index (κ3) is 4.26. The molecule has 0 fully saturated rings. The lowest BCUT2D eigenvalue weighted by molar-refractivity contribution is 0.0936. The highest BCUT2D eigenvalue weighted by atomic mass is 79.9. The molecule has 18 heavy (non-hydrogen) atoms. The van der Waals surface area contributed by atoms with Crippen LogP contribution in [0.2, 0.25) is 5.02 Å². The fraction of sp³-hybridized carbons (Fsp3) is 0.462. The molecule has 0 aromatic heterocycles. The zero-order valence-corrected chi connectivity index (χ0v) is 12.7. The van der Waals surface area contributed by atoms with Gasteiger partial charge in [0.25, 0.3) is 5.91 Å². The van der Waals surface area contributed by atoms with E-state index in [2.05, 4.69) is 28.2 Å². The van der Waals surface area contributed by atoms with Crippen LogP contribution in [-0.4, -0.2) is 18.5 Å². The molecule has 1 aromatic rings. The summed E-state index contributed by atoms with van der Waals surface area (Å²) < 4.78 is 0.717. The maximum absolute atomic E-state index is 12.1. The quantitative estimate of drug-likeness (QED) is 0.839. The van der Waals surface area contributed by atoms with Crippen molar-refractivity contribution in [2.75, 3.05) is 6.54 Å². The highest BCUT2D eigenvalue weighted by Gasteiger charge is 2.15. The first-order valence-corrected chi connectivity index (χ1v) is 7.22. The van der Waals surface area contributed by atoms with Gasteiger partial charge in [0, 0.05) is 17.1 Å². The second kappa shape index (κ2) is 7.77. The molecule has 0 bridgehead atoms. The lowest BCUT2D eigenvalue weighted by Crippen LogP contribution is -2.40. The molecule has 0 spiro atoms. The van der Waals surface area contributed by atoms with E-state index in [4.69, 9.17) is 17.3 Å². The van der Waals surface area contributed by atoms with E-state index < -0.39 is 0 Å². The molecule has 1 atom stereocenters. The van der Waals surface area contributed by atoms with Crippen molar-refractivity contribution in [2.45, 2.75) is 32.2 Å². The lowest BCUT2D eigenvalue weighted by Gasteiger charge is -2.17. The van der Waals surface area contributed by atoms with Gasteiger partial charge in [0.2, 0.25) is 0 Å². The van der Waals surface area contributed by atoms with E-state index in [9.17, 15) is 4.79 Å². The number of unbranched alkanes of at least 4 members (excludes halogenated alkanes) is 1. The molecule has 1 aromatic carbocycles. The number of rotatable bonds is 6. The Morgan fingerprint density at radius 1 is 1.56 bits per heavy atom. The van der Waals surface area contributed by atoms with E-state index in [0.717, 1.165) is 23.7 Å². The van der Waals surface area contributed by atoms with Crippen molar-refractivity contribution in [1.29, 1.82) is 0 Å². The average Bonchev–Trinajstić information content (AvgIpc) is 2.37. The predicted octanol–water partition coefficient (Wildman–Crippen LogP) is 3.35. The van der Waals surface area contributed by atoms with Gasteiger partial charge in [-0.15, -0.1) is 0 Å². The van der Waals surface area contributed by atoms with E-state index in [1.54, 1.807) is 18.2 Å². The summed E-state index contributed by atoms with van der Waals surface area (Å²) in [4.78, 5) is 12.1. The summed E-state index contributed by atoms with van der Waals surface area (Å²) in [7, 11) is 0. The van der Waals surface area contributed by atoms with Crippen molar-refractivity contribution >= 4 is 33.4 Å². The molecule has 0 aliphatic rings. The van der Waals surface area contributed by atoms with Gasteiger partial charge in [-0.3, -0.25) is 4.79 Å². The number of hydrogen-bond donors (Lipinski definition) is 2. The van der Waals surface area contributed by atoms with Crippen LogP contribution in [0.5, 0.6) is 0 Å². The molecule has 0 heterocycles. The zero-order chi connectivity index (χ0) is 13.5. The van der Waals surface area contributed by atoms with Gasteiger partial charge in [-0.1, -0.05) is 37.4 Å². The van der Waals surface area contributed by atoms with E-state index in [1.165, 1.54) is 0 Å². The van der Waals surface area contributed by atoms with Crippen LogP contribution >= 0.6 is 27.5 Å². The van der Waals surface area contributed by atoms with Crippen molar-refractivity contribution in [3.8, 4) is 0 Å². The molecule has 1 unspecified atom stereocenters. The molecular weight excluding hydrogens is 316 g/mol. The Hall–Kier alpha value is -0.580. The minimum Gasteiger partial charge on any atom is -0.348 e. The van der Waals surface area contributed by atoms with Crippen molar-refractivity contribution in [2.24, 2.45) is 5.73 Å². The van der Waals surface area contributed by atoms with Crippen LogP contribution in [0.3, 0.4) is 0 Å². The number of halogens is 2.